The van der Waals surface area contributed by atoms with E-state index in [0.717, 1.165) is 32.4 Å². The van der Waals surface area contributed by atoms with Crippen LogP contribution in [0.1, 0.15) is 32.1 Å². The van der Waals surface area contributed by atoms with Crippen molar-refractivity contribution in [2.75, 3.05) is 13.2 Å². The highest BCUT2D eigenvalue weighted by molar-refractivity contribution is 5.77. The van der Waals surface area contributed by atoms with Gasteiger partial charge in [-0.1, -0.05) is 0 Å². The van der Waals surface area contributed by atoms with E-state index in [2.05, 4.69) is 5.32 Å². The summed E-state index contributed by atoms with van der Waals surface area (Å²) >= 11 is 0. The highest BCUT2D eigenvalue weighted by atomic mass is 16.7. The van der Waals surface area contributed by atoms with Gasteiger partial charge in [0.2, 0.25) is 5.91 Å². The van der Waals surface area contributed by atoms with Gasteiger partial charge < -0.3 is 14.8 Å². The van der Waals surface area contributed by atoms with E-state index in [1.807, 2.05) is 0 Å². The zero-order valence-corrected chi connectivity index (χ0v) is 8.33. The van der Waals surface area contributed by atoms with Crippen molar-refractivity contribution in [2.24, 2.45) is 0 Å². The SMILES string of the molecule is O=C1CC(OC2CCCCO2)CCN1. The molecule has 2 unspecified atom stereocenters. The number of hydrogen-bond acceptors (Lipinski definition) is 3. The predicted molar refractivity (Wildman–Crippen MR) is 50.7 cm³/mol. The van der Waals surface area contributed by atoms with E-state index in [1.165, 1.54) is 6.42 Å². The summed E-state index contributed by atoms with van der Waals surface area (Å²) in [6.07, 6.45) is 4.66. The van der Waals surface area contributed by atoms with Gasteiger partial charge in [0, 0.05) is 13.2 Å². The Morgan fingerprint density at radius 1 is 1.36 bits per heavy atom. The maximum atomic E-state index is 11.1. The standard InChI is InChI=1S/C10H17NO3/c12-9-7-8(4-5-11-9)14-10-3-1-2-6-13-10/h8,10H,1-7H2,(H,11,12). The molecule has 0 aliphatic carbocycles. The van der Waals surface area contributed by atoms with E-state index in [4.69, 9.17) is 9.47 Å². The third-order valence-corrected chi connectivity index (χ3v) is 2.68. The Labute approximate surface area is 84.0 Å². The molecule has 0 aromatic rings. The van der Waals surface area contributed by atoms with E-state index in [0.29, 0.717) is 6.42 Å². The highest BCUT2D eigenvalue weighted by Gasteiger charge is 2.24. The summed E-state index contributed by atoms with van der Waals surface area (Å²) in [6, 6.07) is 0. The Morgan fingerprint density at radius 2 is 2.29 bits per heavy atom. The van der Waals surface area contributed by atoms with Gasteiger partial charge in [0.05, 0.1) is 12.5 Å². The molecular weight excluding hydrogens is 182 g/mol. The summed E-state index contributed by atoms with van der Waals surface area (Å²) in [6.45, 7) is 1.53. The Bertz CT molecular complexity index is 202. The second-order valence-corrected chi connectivity index (χ2v) is 3.90. The van der Waals surface area contributed by atoms with Crippen LogP contribution in [0.5, 0.6) is 0 Å². The maximum absolute atomic E-state index is 11.1. The van der Waals surface area contributed by atoms with Crippen LogP contribution in [-0.4, -0.2) is 31.5 Å². The first-order valence-electron chi connectivity index (χ1n) is 5.38. The van der Waals surface area contributed by atoms with E-state index in [9.17, 15) is 4.79 Å². The molecule has 2 aliphatic rings. The van der Waals surface area contributed by atoms with Gasteiger partial charge >= 0.3 is 0 Å². The molecule has 2 atom stereocenters. The summed E-state index contributed by atoms with van der Waals surface area (Å²) < 4.78 is 11.2. The fraction of sp³-hybridized carbons (Fsp3) is 0.900. The minimum atomic E-state index is -0.0698. The number of carbonyl (C=O) groups excluding carboxylic acids is 1. The molecule has 2 heterocycles. The van der Waals surface area contributed by atoms with Crippen molar-refractivity contribution in [3.63, 3.8) is 0 Å². The third-order valence-electron chi connectivity index (χ3n) is 2.68. The smallest absolute Gasteiger partial charge is 0.222 e. The largest absolute Gasteiger partial charge is 0.356 e. The molecule has 0 spiro atoms. The molecule has 0 aromatic carbocycles. The normalized spacial score (nSPS) is 33.9. The molecule has 0 aromatic heterocycles. The summed E-state index contributed by atoms with van der Waals surface area (Å²) in [5, 5.41) is 2.79. The average molecular weight is 199 g/mol. The lowest BCUT2D eigenvalue weighted by Gasteiger charge is -2.29. The fourth-order valence-corrected chi connectivity index (χ4v) is 1.90. The van der Waals surface area contributed by atoms with Crippen LogP contribution >= 0.6 is 0 Å². The third kappa shape index (κ3) is 2.69. The summed E-state index contributed by atoms with van der Waals surface area (Å²) in [4.78, 5) is 11.1. The van der Waals surface area contributed by atoms with Crippen LogP contribution in [0.2, 0.25) is 0 Å². The van der Waals surface area contributed by atoms with Gasteiger partial charge in [-0.25, -0.2) is 0 Å². The molecule has 1 N–H and O–H groups in total. The molecule has 2 saturated heterocycles. The first-order valence-corrected chi connectivity index (χ1v) is 5.38. The molecule has 2 rings (SSSR count). The Balaban J connectivity index is 1.75. The number of piperidine rings is 1. The van der Waals surface area contributed by atoms with Gasteiger partial charge in [-0.2, -0.15) is 0 Å². The Morgan fingerprint density at radius 3 is 3.00 bits per heavy atom. The zero-order chi connectivity index (χ0) is 9.80. The Kier molecular flexibility index (Phi) is 3.37. The van der Waals surface area contributed by atoms with Crippen molar-refractivity contribution < 1.29 is 14.3 Å². The molecule has 2 fully saturated rings. The fourth-order valence-electron chi connectivity index (χ4n) is 1.90. The predicted octanol–water partition coefficient (Wildman–Crippen LogP) is 0.808. The van der Waals surface area contributed by atoms with Gasteiger partial charge in [0.15, 0.2) is 6.29 Å². The van der Waals surface area contributed by atoms with Crippen LogP contribution in [0.25, 0.3) is 0 Å². The molecule has 0 radical (unpaired) electrons. The van der Waals surface area contributed by atoms with Gasteiger partial charge in [-0.15, -0.1) is 0 Å². The van der Waals surface area contributed by atoms with Crippen molar-refractivity contribution in [3.05, 3.63) is 0 Å². The first kappa shape index (κ1) is 9.93. The summed E-state index contributed by atoms with van der Waals surface area (Å²) in [5.41, 5.74) is 0. The molecule has 2 aliphatic heterocycles. The summed E-state index contributed by atoms with van der Waals surface area (Å²) in [5.74, 6) is 0.0945. The first-order chi connectivity index (χ1) is 6.84. The lowest BCUT2D eigenvalue weighted by atomic mass is 10.1. The second kappa shape index (κ2) is 4.75. The molecule has 1 amide bonds. The lowest BCUT2D eigenvalue weighted by molar-refractivity contribution is -0.193. The molecule has 0 bridgehead atoms. The van der Waals surface area contributed by atoms with E-state index >= 15 is 0 Å². The van der Waals surface area contributed by atoms with Crippen LogP contribution in [-0.2, 0) is 14.3 Å². The van der Waals surface area contributed by atoms with Crippen LogP contribution < -0.4 is 5.32 Å². The number of rotatable bonds is 2. The van der Waals surface area contributed by atoms with Crippen LogP contribution in [0.3, 0.4) is 0 Å². The lowest BCUT2D eigenvalue weighted by Crippen LogP contribution is -2.40. The molecule has 80 valence electrons. The quantitative estimate of drug-likeness (QED) is 0.716. The molecular formula is C10H17NO3. The number of amides is 1. The van der Waals surface area contributed by atoms with Crippen LogP contribution in [0.4, 0.5) is 0 Å². The number of carbonyl (C=O) groups is 1. The van der Waals surface area contributed by atoms with E-state index in [-0.39, 0.29) is 18.3 Å². The van der Waals surface area contributed by atoms with Gasteiger partial charge in [0.25, 0.3) is 0 Å². The Hall–Kier alpha value is -0.610. The number of ether oxygens (including phenoxy) is 2. The van der Waals surface area contributed by atoms with Gasteiger partial charge in [0.1, 0.15) is 0 Å². The van der Waals surface area contributed by atoms with Crippen molar-refractivity contribution in [2.45, 2.75) is 44.5 Å². The van der Waals surface area contributed by atoms with E-state index in [1.54, 1.807) is 0 Å². The molecule has 4 nitrogen and oxygen atoms in total. The van der Waals surface area contributed by atoms with Crippen molar-refractivity contribution >= 4 is 5.91 Å². The van der Waals surface area contributed by atoms with Crippen molar-refractivity contribution in [1.82, 2.24) is 5.32 Å². The average Bonchev–Trinajstić information content (AvgIpc) is 2.19. The van der Waals surface area contributed by atoms with Crippen LogP contribution in [0, 0.1) is 0 Å². The second-order valence-electron chi connectivity index (χ2n) is 3.90. The van der Waals surface area contributed by atoms with Crippen molar-refractivity contribution in [3.8, 4) is 0 Å². The number of nitrogens with one attached hydrogen (secondary N) is 1. The van der Waals surface area contributed by atoms with Gasteiger partial charge in [-0.05, 0) is 25.7 Å². The minimum Gasteiger partial charge on any atom is -0.356 e. The highest BCUT2D eigenvalue weighted by Crippen LogP contribution is 2.18. The zero-order valence-electron chi connectivity index (χ0n) is 8.33. The minimum absolute atomic E-state index is 0.0619. The van der Waals surface area contributed by atoms with Crippen LogP contribution in [0.15, 0.2) is 0 Å². The molecule has 4 heteroatoms. The topological polar surface area (TPSA) is 47.6 Å². The molecule has 0 saturated carbocycles. The summed E-state index contributed by atoms with van der Waals surface area (Å²) in [7, 11) is 0. The van der Waals surface area contributed by atoms with Gasteiger partial charge in [-0.3, -0.25) is 4.79 Å². The van der Waals surface area contributed by atoms with Crippen molar-refractivity contribution in [1.29, 1.82) is 0 Å². The molecule has 14 heavy (non-hydrogen) atoms. The monoisotopic (exact) mass is 199 g/mol. The van der Waals surface area contributed by atoms with E-state index < -0.39 is 0 Å². The maximum Gasteiger partial charge on any atom is 0.222 e. The number of hydrogen-bond donors (Lipinski definition) is 1.